The Morgan fingerprint density at radius 2 is 2.41 bits per heavy atom. The average molecular weight is 270 g/mol. The standard InChI is InChI=1S/C11H14N2O2S2/c14-11(15)8-1-2-10(12-5-8)13-6-9-7-16-3-4-17-9/h1-2,5,9H,3-4,6-7H2,(H,12,13)(H,14,15). The minimum atomic E-state index is -0.941. The molecule has 0 saturated carbocycles. The van der Waals surface area contributed by atoms with Crippen LogP contribution in [0.3, 0.4) is 0 Å². The van der Waals surface area contributed by atoms with Crippen LogP contribution in [0.2, 0.25) is 0 Å². The van der Waals surface area contributed by atoms with Crippen LogP contribution in [-0.2, 0) is 0 Å². The SMILES string of the molecule is O=C(O)c1ccc(NCC2CSCCS2)nc1. The molecule has 0 aliphatic carbocycles. The van der Waals surface area contributed by atoms with Crippen molar-refractivity contribution in [2.24, 2.45) is 0 Å². The van der Waals surface area contributed by atoms with Gasteiger partial charge >= 0.3 is 5.97 Å². The Morgan fingerprint density at radius 3 is 3.00 bits per heavy atom. The normalized spacial score (nSPS) is 19.9. The smallest absolute Gasteiger partial charge is 0.337 e. The van der Waals surface area contributed by atoms with E-state index < -0.39 is 5.97 Å². The Balaban J connectivity index is 1.84. The van der Waals surface area contributed by atoms with Gasteiger partial charge in [0.15, 0.2) is 0 Å². The van der Waals surface area contributed by atoms with E-state index in [4.69, 9.17) is 5.11 Å². The van der Waals surface area contributed by atoms with Crippen LogP contribution in [0.5, 0.6) is 0 Å². The fourth-order valence-electron chi connectivity index (χ4n) is 1.50. The van der Waals surface area contributed by atoms with Crippen molar-refractivity contribution in [2.45, 2.75) is 5.25 Å². The van der Waals surface area contributed by atoms with Gasteiger partial charge in [0.1, 0.15) is 5.82 Å². The molecule has 6 heteroatoms. The van der Waals surface area contributed by atoms with Gasteiger partial charge in [0.25, 0.3) is 0 Å². The van der Waals surface area contributed by atoms with Gasteiger partial charge < -0.3 is 10.4 Å². The highest BCUT2D eigenvalue weighted by atomic mass is 32.2. The number of carboxylic acids is 1. The minimum Gasteiger partial charge on any atom is -0.478 e. The van der Waals surface area contributed by atoms with Crippen LogP contribution in [0.15, 0.2) is 18.3 Å². The number of rotatable bonds is 4. The first-order valence-corrected chi connectivity index (χ1v) is 7.58. The van der Waals surface area contributed by atoms with E-state index in [2.05, 4.69) is 10.3 Å². The molecular weight excluding hydrogens is 256 g/mol. The molecule has 0 amide bonds. The molecule has 2 heterocycles. The highest BCUT2D eigenvalue weighted by Gasteiger charge is 2.13. The van der Waals surface area contributed by atoms with Gasteiger partial charge in [0.05, 0.1) is 5.56 Å². The van der Waals surface area contributed by atoms with Crippen LogP contribution < -0.4 is 5.32 Å². The zero-order valence-corrected chi connectivity index (χ0v) is 10.9. The van der Waals surface area contributed by atoms with E-state index in [1.165, 1.54) is 23.5 Å². The molecular formula is C11H14N2O2S2. The summed E-state index contributed by atoms with van der Waals surface area (Å²) in [6.07, 6.45) is 1.38. The molecule has 17 heavy (non-hydrogen) atoms. The second kappa shape index (κ2) is 6.16. The van der Waals surface area contributed by atoms with E-state index in [-0.39, 0.29) is 5.56 Å². The number of hydrogen-bond donors (Lipinski definition) is 2. The molecule has 0 bridgehead atoms. The van der Waals surface area contributed by atoms with Gasteiger partial charge in [0.2, 0.25) is 0 Å². The summed E-state index contributed by atoms with van der Waals surface area (Å²) in [4.78, 5) is 14.7. The molecule has 0 radical (unpaired) electrons. The zero-order valence-electron chi connectivity index (χ0n) is 9.26. The summed E-state index contributed by atoms with van der Waals surface area (Å²) >= 11 is 3.97. The monoisotopic (exact) mass is 270 g/mol. The Morgan fingerprint density at radius 1 is 1.53 bits per heavy atom. The quantitative estimate of drug-likeness (QED) is 0.873. The van der Waals surface area contributed by atoms with E-state index in [0.29, 0.717) is 5.25 Å². The van der Waals surface area contributed by atoms with Gasteiger partial charge in [-0.1, -0.05) is 0 Å². The number of anilines is 1. The van der Waals surface area contributed by atoms with E-state index in [1.54, 1.807) is 12.1 Å². The Hall–Kier alpha value is -0.880. The van der Waals surface area contributed by atoms with Crippen LogP contribution >= 0.6 is 23.5 Å². The maximum absolute atomic E-state index is 10.7. The van der Waals surface area contributed by atoms with Crippen LogP contribution in [-0.4, -0.2) is 45.1 Å². The number of aromatic nitrogens is 1. The maximum Gasteiger partial charge on any atom is 0.337 e. The van der Waals surface area contributed by atoms with Crippen molar-refractivity contribution in [2.75, 3.05) is 29.1 Å². The molecule has 1 aromatic rings. The first-order valence-electron chi connectivity index (χ1n) is 5.38. The Kier molecular flexibility index (Phi) is 4.56. The van der Waals surface area contributed by atoms with Crippen molar-refractivity contribution in [3.8, 4) is 0 Å². The van der Waals surface area contributed by atoms with E-state index in [9.17, 15) is 4.79 Å². The Bertz CT molecular complexity index is 378. The maximum atomic E-state index is 10.7. The molecule has 1 atom stereocenters. The minimum absolute atomic E-state index is 0.221. The largest absolute Gasteiger partial charge is 0.478 e. The number of aromatic carboxylic acids is 1. The van der Waals surface area contributed by atoms with Gasteiger partial charge in [-0.05, 0) is 12.1 Å². The molecule has 1 saturated heterocycles. The number of carbonyl (C=O) groups is 1. The molecule has 1 aromatic heterocycles. The summed E-state index contributed by atoms with van der Waals surface area (Å²) in [7, 11) is 0. The molecule has 1 aliphatic rings. The molecule has 2 rings (SSSR count). The van der Waals surface area contributed by atoms with Crippen molar-refractivity contribution < 1.29 is 9.90 Å². The highest BCUT2D eigenvalue weighted by Crippen LogP contribution is 2.24. The molecule has 0 spiro atoms. The molecule has 1 fully saturated rings. The number of thioether (sulfide) groups is 2. The average Bonchev–Trinajstić information content (AvgIpc) is 2.38. The van der Waals surface area contributed by atoms with E-state index in [1.807, 2.05) is 23.5 Å². The zero-order chi connectivity index (χ0) is 12.1. The summed E-state index contributed by atoms with van der Waals surface area (Å²) < 4.78 is 0. The molecule has 92 valence electrons. The lowest BCUT2D eigenvalue weighted by molar-refractivity contribution is 0.0696. The number of pyridine rings is 1. The molecule has 2 N–H and O–H groups in total. The highest BCUT2D eigenvalue weighted by molar-refractivity contribution is 8.06. The predicted molar refractivity (Wildman–Crippen MR) is 73.3 cm³/mol. The summed E-state index contributed by atoms with van der Waals surface area (Å²) in [5, 5.41) is 12.6. The van der Waals surface area contributed by atoms with Crippen LogP contribution in [0, 0.1) is 0 Å². The lowest BCUT2D eigenvalue weighted by atomic mass is 10.3. The summed E-state index contributed by atoms with van der Waals surface area (Å²) in [5.74, 6) is 3.43. The van der Waals surface area contributed by atoms with Gasteiger partial charge in [0, 0.05) is 35.3 Å². The van der Waals surface area contributed by atoms with Crippen LogP contribution in [0.4, 0.5) is 5.82 Å². The number of hydrogen-bond acceptors (Lipinski definition) is 5. The van der Waals surface area contributed by atoms with Crippen molar-refractivity contribution in [1.82, 2.24) is 4.98 Å². The predicted octanol–water partition coefficient (Wildman–Crippen LogP) is 2.04. The third kappa shape index (κ3) is 3.81. The van der Waals surface area contributed by atoms with Crippen molar-refractivity contribution in [3.63, 3.8) is 0 Å². The van der Waals surface area contributed by atoms with Gasteiger partial charge in [-0.25, -0.2) is 9.78 Å². The van der Waals surface area contributed by atoms with Crippen molar-refractivity contribution >= 4 is 35.3 Å². The topological polar surface area (TPSA) is 62.2 Å². The summed E-state index contributed by atoms with van der Waals surface area (Å²) in [5.41, 5.74) is 0.221. The summed E-state index contributed by atoms with van der Waals surface area (Å²) in [6, 6.07) is 3.28. The number of carboxylic acid groups (broad SMARTS) is 1. The Labute approximate surface area is 109 Å². The number of nitrogens with zero attached hydrogens (tertiary/aromatic N) is 1. The van der Waals surface area contributed by atoms with E-state index in [0.717, 1.165) is 12.4 Å². The molecule has 4 nitrogen and oxygen atoms in total. The lowest BCUT2D eigenvalue weighted by Gasteiger charge is -2.21. The van der Waals surface area contributed by atoms with Crippen molar-refractivity contribution in [3.05, 3.63) is 23.9 Å². The molecule has 1 unspecified atom stereocenters. The van der Waals surface area contributed by atoms with Gasteiger partial charge in [-0.2, -0.15) is 23.5 Å². The molecule has 0 aromatic carbocycles. The van der Waals surface area contributed by atoms with Crippen LogP contribution in [0.1, 0.15) is 10.4 Å². The fourth-order valence-corrected chi connectivity index (χ4v) is 4.11. The first-order chi connectivity index (χ1) is 8.25. The van der Waals surface area contributed by atoms with Crippen LogP contribution in [0.25, 0.3) is 0 Å². The van der Waals surface area contributed by atoms with Gasteiger partial charge in [-0.3, -0.25) is 0 Å². The second-order valence-corrected chi connectivity index (χ2v) is 6.24. The fraction of sp³-hybridized carbons (Fsp3) is 0.455. The third-order valence-electron chi connectivity index (χ3n) is 2.41. The third-order valence-corrected chi connectivity index (χ3v) is 5.25. The first kappa shape index (κ1) is 12.6. The summed E-state index contributed by atoms with van der Waals surface area (Å²) in [6.45, 7) is 0.886. The number of nitrogens with one attached hydrogen (secondary N) is 1. The lowest BCUT2D eigenvalue weighted by Crippen LogP contribution is -2.23. The van der Waals surface area contributed by atoms with Crippen molar-refractivity contribution in [1.29, 1.82) is 0 Å². The second-order valence-electron chi connectivity index (χ2n) is 3.69. The van der Waals surface area contributed by atoms with Gasteiger partial charge in [-0.15, -0.1) is 0 Å². The van der Waals surface area contributed by atoms with E-state index >= 15 is 0 Å². The molecule has 1 aliphatic heterocycles.